The van der Waals surface area contributed by atoms with Gasteiger partial charge in [0.25, 0.3) is 11.8 Å². The minimum Gasteiger partial charge on any atom is -0.497 e. The number of β-lactam (4-membered cyclic amide) rings is 1. The molecule has 2 aromatic rings. The van der Waals surface area contributed by atoms with Crippen molar-refractivity contribution in [1.29, 1.82) is 0 Å². The fourth-order valence-electron chi connectivity index (χ4n) is 4.34. The molecule has 2 saturated heterocycles. The lowest BCUT2D eigenvalue weighted by Crippen LogP contribution is -2.74. The number of carbonyl (C=O) groups excluding carboxylic acids is 3. The molecule has 2 fully saturated rings. The van der Waals surface area contributed by atoms with Crippen LogP contribution in [-0.4, -0.2) is 63.7 Å². The fraction of sp³-hybridized carbons (Fsp3) is 0.400. The summed E-state index contributed by atoms with van der Waals surface area (Å²) in [5.74, 6) is 0.101. The topological polar surface area (TPSA) is 94.2 Å². The second-order valence-corrected chi connectivity index (χ2v) is 11.4. The van der Waals surface area contributed by atoms with E-state index in [4.69, 9.17) is 14.2 Å². The summed E-state index contributed by atoms with van der Waals surface area (Å²) in [5.41, 5.74) is 0.814. The molecule has 0 aliphatic carbocycles. The number of amides is 2. The zero-order chi connectivity index (χ0) is 25.2. The monoisotopic (exact) mass is 516 g/mol. The molecule has 186 valence electrons. The Labute approximate surface area is 213 Å². The highest BCUT2D eigenvalue weighted by Gasteiger charge is 2.73. The maximum absolute atomic E-state index is 13.5. The van der Waals surface area contributed by atoms with Crippen molar-refractivity contribution in [3.8, 4) is 11.5 Å². The summed E-state index contributed by atoms with van der Waals surface area (Å²) in [6.45, 7) is 3.72. The first-order valence-electron chi connectivity index (χ1n) is 11.1. The summed E-state index contributed by atoms with van der Waals surface area (Å²) in [6, 6.07) is 15.5. The van der Waals surface area contributed by atoms with E-state index >= 15 is 0 Å². The van der Waals surface area contributed by atoms with Crippen molar-refractivity contribution in [3.05, 3.63) is 60.2 Å². The number of ether oxygens (including phenoxy) is 3. The molecule has 3 atom stereocenters. The van der Waals surface area contributed by atoms with Gasteiger partial charge < -0.3 is 24.4 Å². The molecule has 0 aromatic heterocycles. The highest BCUT2D eigenvalue weighted by Crippen LogP contribution is 2.61. The first kappa shape index (κ1) is 25.2. The minimum absolute atomic E-state index is 0.0789. The van der Waals surface area contributed by atoms with Gasteiger partial charge in [0.2, 0.25) is 4.87 Å². The largest absolute Gasteiger partial charge is 0.497 e. The van der Waals surface area contributed by atoms with Crippen LogP contribution in [-0.2, 0) is 25.7 Å². The Morgan fingerprint density at radius 3 is 2.40 bits per heavy atom. The van der Waals surface area contributed by atoms with Gasteiger partial charge in [-0.2, -0.15) is 0 Å². The second kappa shape index (κ2) is 10.0. The number of thioether (sulfide) groups is 2. The van der Waals surface area contributed by atoms with E-state index in [2.05, 4.69) is 5.32 Å². The van der Waals surface area contributed by atoms with E-state index < -0.39 is 27.5 Å². The molecule has 0 bridgehead atoms. The van der Waals surface area contributed by atoms with Crippen LogP contribution < -0.4 is 14.8 Å². The zero-order valence-corrected chi connectivity index (χ0v) is 21.6. The third-order valence-corrected chi connectivity index (χ3v) is 9.35. The van der Waals surface area contributed by atoms with E-state index in [-0.39, 0.29) is 24.5 Å². The summed E-state index contributed by atoms with van der Waals surface area (Å²) in [6.07, 6.45) is 1.80. The van der Waals surface area contributed by atoms with Crippen LogP contribution in [0.3, 0.4) is 0 Å². The number of hydrogen-bond donors (Lipinski definition) is 1. The Morgan fingerprint density at radius 1 is 1.09 bits per heavy atom. The van der Waals surface area contributed by atoms with Crippen LogP contribution in [0.4, 0.5) is 0 Å². The van der Waals surface area contributed by atoms with Gasteiger partial charge in [-0.25, -0.2) is 4.79 Å². The molecule has 10 heteroatoms. The predicted molar refractivity (Wildman–Crippen MR) is 135 cm³/mol. The average molecular weight is 517 g/mol. The average Bonchev–Trinajstić information content (AvgIpc) is 3.09. The van der Waals surface area contributed by atoms with Crippen molar-refractivity contribution in [2.24, 2.45) is 0 Å². The van der Waals surface area contributed by atoms with Crippen LogP contribution in [0.15, 0.2) is 54.6 Å². The summed E-state index contributed by atoms with van der Waals surface area (Å²) in [5, 5.41) is 2.39. The van der Waals surface area contributed by atoms with Gasteiger partial charge in [0.15, 0.2) is 6.61 Å². The predicted octanol–water partition coefficient (Wildman–Crippen LogP) is 3.06. The number of carbonyl (C=O) groups is 3. The number of esters is 1. The molecular weight excluding hydrogens is 488 g/mol. The number of nitrogens with one attached hydrogen (secondary N) is 1. The van der Waals surface area contributed by atoms with Gasteiger partial charge in [-0.15, -0.1) is 23.5 Å². The number of hydrogen-bond acceptors (Lipinski definition) is 8. The van der Waals surface area contributed by atoms with Gasteiger partial charge in [0.05, 0.1) is 11.9 Å². The Balaban J connectivity index is 1.42. The fourth-order valence-corrected chi connectivity index (χ4v) is 7.56. The van der Waals surface area contributed by atoms with Crippen molar-refractivity contribution in [2.45, 2.75) is 41.5 Å². The molecule has 2 heterocycles. The van der Waals surface area contributed by atoms with Gasteiger partial charge >= 0.3 is 5.97 Å². The zero-order valence-electron chi connectivity index (χ0n) is 20.0. The molecule has 0 unspecified atom stereocenters. The quantitative estimate of drug-likeness (QED) is 0.402. The highest BCUT2D eigenvalue weighted by atomic mass is 32.2. The van der Waals surface area contributed by atoms with Gasteiger partial charge in [-0.3, -0.25) is 9.59 Å². The summed E-state index contributed by atoms with van der Waals surface area (Å²) in [4.78, 5) is 39.4. The van der Waals surface area contributed by atoms with Crippen molar-refractivity contribution in [3.63, 3.8) is 0 Å². The van der Waals surface area contributed by atoms with E-state index in [1.165, 1.54) is 23.5 Å². The molecule has 4 rings (SSSR count). The number of methoxy groups -OCH3 is 1. The highest BCUT2D eigenvalue weighted by molar-refractivity contribution is 8.06. The van der Waals surface area contributed by atoms with Crippen LogP contribution in [0.2, 0.25) is 0 Å². The molecule has 1 N–H and O–H groups in total. The summed E-state index contributed by atoms with van der Waals surface area (Å²) in [7, 11) is 1.59. The Hall–Kier alpha value is -2.85. The van der Waals surface area contributed by atoms with Crippen molar-refractivity contribution >= 4 is 41.3 Å². The maximum Gasteiger partial charge on any atom is 0.344 e. The molecule has 0 radical (unpaired) electrons. The molecule has 2 amide bonds. The number of nitrogens with zero attached hydrogens (tertiary/aromatic N) is 1. The van der Waals surface area contributed by atoms with Crippen LogP contribution >= 0.6 is 23.5 Å². The third-order valence-electron chi connectivity index (χ3n) is 6.14. The Kier molecular flexibility index (Phi) is 7.23. The summed E-state index contributed by atoms with van der Waals surface area (Å²) < 4.78 is 15.7. The van der Waals surface area contributed by atoms with E-state index in [0.717, 1.165) is 5.56 Å². The molecular formula is C25H28N2O6S2. The maximum atomic E-state index is 13.5. The number of rotatable bonds is 9. The van der Waals surface area contributed by atoms with E-state index in [9.17, 15) is 14.4 Å². The normalized spacial score (nSPS) is 24.2. The molecule has 2 aromatic carbocycles. The van der Waals surface area contributed by atoms with Crippen molar-refractivity contribution in [1.82, 2.24) is 10.2 Å². The van der Waals surface area contributed by atoms with Crippen LogP contribution in [0.25, 0.3) is 0 Å². The minimum atomic E-state index is -1.21. The van der Waals surface area contributed by atoms with Gasteiger partial charge in [-0.05, 0) is 49.9 Å². The van der Waals surface area contributed by atoms with Gasteiger partial charge in [0.1, 0.15) is 29.5 Å². The van der Waals surface area contributed by atoms with Gasteiger partial charge in [0, 0.05) is 0 Å². The van der Waals surface area contributed by atoms with Crippen LogP contribution in [0, 0.1) is 0 Å². The Bertz CT molecular complexity index is 1090. The van der Waals surface area contributed by atoms with E-state index in [1.54, 1.807) is 42.5 Å². The lowest BCUT2D eigenvalue weighted by atomic mass is 9.95. The molecule has 35 heavy (non-hydrogen) atoms. The van der Waals surface area contributed by atoms with Crippen LogP contribution in [0.5, 0.6) is 11.5 Å². The number of fused-ring (bicyclic) bond motifs is 1. The van der Waals surface area contributed by atoms with E-state index in [0.29, 0.717) is 11.5 Å². The Morgan fingerprint density at radius 2 is 1.77 bits per heavy atom. The lowest BCUT2D eigenvalue weighted by molar-refractivity contribution is -0.168. The van der Waals surface area contributed by atoms with Crippen molar-refractivity contribution in [2.75, 3.05) is 20.0 Å². The molecule has 2 aliphatic heterocycles. The van der Waals surface area contributed by atoms with Gasteiger partial charge in [-0.1, -0.05) is 30.3 Å². The molecule has 0 spiro atoms. The lowest BCUT2D eigenvalue weighted by Gasteiger charge is -2.49. The van der Waals surface area contributed by atoms with E-state index in [1.807, 2.05) is 44.2 Å². The first-order valence-corrected chi connectivity index (χ1v) is 13.2. The second-order valence-electron chi connectivity index (χ2n) is 8.65. The molecule has 8 nitrogen and oxygen atoms in total. The SMILES string of the molecule is COc1ccc(COC(=O)[C@]2(SC)N3C(=O)[C@H](NC(=O)COc4ccccc4)[C@H]3SC2(C)C)cc1. The molecule has 0 saturated carbocycles. The van der Waals surface area contributed by atoms with Crippen molar-refractivity contribution < 1.29 is 28.6 Å². The van der Waals surface area contributed by atoms with Crippen LogP contribution in [0.1, 0.15) is 19.4 Å². The molecule has 2 aliphatic rings. The summed E-state index contributed by atoms with van der Waals surface area (Å²) >= 11 is 2.77. The number of para-hydroxylation sites is 1. The first-order chi connectivity index (χ1) is 16.7. The smallest absolute Gasteiger partial charge is 0.344 e. The standard InChI is InChI=1S/C25H28N2O6S2/c1-24(2)25(34-4,23(30)33-14-16-10-12-17(31-3)13-11-16)27-21(29)20(22(27)35-24)26-19(28)15-32-18-8-6-5-7-9-18/h5-13,20,22H,14-15H2,1-4H3,(H,26,28)/t20-,22+,25+/m0/s1. The number of benzene rings is 2. The third kappa shape index (κ3) is 4.56.